The average Bonchev–Trinajstić information content (AvgIpc) is 3.37. The van der Waals surface area contributed by atoms with Crippen LogP contribution in [-0.4, -0.2) is 19.9 Å². The van der Waals surface area contributed by atoms with Crippen molar-refractivity contribution in [3.63, 3.8) is 0 Å². The van der Waals surface area contributed by atoms with Gasteiger partial charge in [-0.25, -0.2) is 0 Å². The molecule has 7 heteroatoms. The molecule has 0 radical (unpaired) electrons. The molecule has 1 heterocycles. The monoisotopic (exact) mass is 598 g/mol. The van der Waals surface area contributed by atoms with Crippen molar-refractivity contribution in [3.05, 3.63) is 95.1 Å². The minimum absolute atomic E-state index is 0.175. The van der Waals surface area contributed by atoms with Gasteiger partial charge in [-0.15, -0.1) is 0 Å². The van der Waals surface area contributed by atoms with Crippen LogP contribution >= 0.6 is 20.7 Å². The van der Waals surface area contributed by atoms with Crippen molar-refractivity contribution in [2.75, 3.05) is 6.54 Å². The highest BCUT2D eigenvalue weighted by Crippen LogP contribution is 2.39. The van der Waals surface area contributed by atoms with Gasteiger partial charge >= 0.3 is 0 Å². The Balaban J connectivity index is 1.72. The smallest absolute Gasteiger partial charge is 0.279 e. The van der Waals surface area contributed by atoms with Gasteiger partial charge < -0.3 is 19.6 Å². The zero-order valence-electron chi connectivity index (χ0n) is 21.0. The number of carbonyl (C=O) groups is 1. The minimum Gasteiger partial charge on any atom is -0.488 e. The summed E-state index contributed by atoms with van der Waals surface area (Å²) < 4.78 is 13.8. The number of hydrogen-bond donors (Lipinski definition) is 1. The topological polar surface area (TPSA) is 69.2 Å². The predicted molar refractivity (Wildman–Crippen MR) is 152 cm³/mol. The van der Waals surface area contributed by atoms with E-state index in [4.69, 9.17) is 14.3 Å². The number of hydrogen-bond acceptors (Lipinski definition) is 5. The van der Waals surface area contributed by atoms with E-state index >= 15 is 0 Å². The molecule has 0 bridgehead atoms. The zero-order valence-corrected chi connectivity index (χ0v) is 23.2. The third kappa shape index (κ3) is 6.51. The highest BCUT2D eigenvalue weighted by Gasteiger charge is 2.28. The SMILES string of the molecule is CCNC(=O)C1=NOC(c2cc(C(C)(C)C)c(OCc3ccccc3)cc2OCc2ccccc2)=I1. The summed E-state index contributed by atoms with van der Waals surface area (Å²) in [7, 11) is 0. The molecule has 0 unspecified atom stereocenters. The van der Waals surface area contributed by atoms with Gasteiger partial charge in [-0.2, -0.15) is 0 Å². The molecule has 36 heavy (non-hydrogen) atoms. The first-order valence-corrected chi connectivity index (χ1v) is 14.1. The van der Waals surface area contributed by atoms with E-state index in [2.05, 4.69) is 37.3 Å². The van der Waals surface area contributed by atoms with Crippen molar-refractivity contribution < 1.29 is 19.1 Å². The van der Waals surface area contributed by atoms with Crippen LogP contribution in [0.4, 0.5) is 0 Å². The van der Waals surface area contributed by atoms with Crippen molar-refractivity contribution in [1.29, 1.82) is 0 Å². The lowest BCUT2D eigenvalue weighted by Crippen LogP contribution is -2.27. The molecule has 1 aliphatic heterocycles. The second kappa shape index (κ2) is 11.7. The standard InChI is InChI=1S/C29H31IN2O4/c1-5-31-28(33)26-30-27(36-32-26)22-16-23(29(2,3)4)25(35-19-21-14-10-7-11-15-21)17-24(22)34-18-20-12-8-6-9-13-20/h6-17H,5,18-19H2,1-4H3,(H,31,33). The molecule has 0 aromatic heterocycles. The highest BCUT2D eigenvalue weighted by atomic mass is 127. The number of ether oxygens (including phenoxy) is 2. The van der Waals surface area contributed by atoms with Crippen molar-refractivity contribution in [3.8, 4) is 11.5 Å². The molecule has 188 valence electrons. The summed E-state index contributed by atoms with van der Waals surface area (Å²) in [4.78, 5) is 18.1. The van der Waals surface area contributed by atoms with Gasteiger partial charge in [0.1, 0.15) is 24.7 Å². The van der Waals surface area contributed by atoms with Crippen molar-refractivity contribution in [2.24, 2.45) is 5.16 Å². The third-order valence-electron chi connectivity index (χ3n) is 5.48. The van der Waals surface area contributed by atoms with E-state index in [9.17, 15) is 4.79 Å². The summed E-state index contributed by atoms with van der Waals surface area (Å²) >= 11 is -0.897. The zero-order chi connectivity index (χ0) is 25.5. The second-order valence-corrected chi connectivity index (χ2v) is 11.9. The molecule has 4 rings (SSSR count). The normalized spacial score (nSPS) is 13.1. The number of oxime groups is 1. The molecule has 3 aromatic carbocycles. The number of benzene rings is 3. The Morgan fingerprint density at radius 2 is 1.50 bits per heavy atom. The lowest BCUT2D eigenvalue weighted by atomic mass is 9.85. The molecule has 0 atom stereocenters. The molecule has 0 spiro atoms. The number of halogens is 1. The van der Waals surface area contributed by atoms with E-state index < -0.39 is 20.7 Å². The van der Waals surface area contributed by atoms with Crippen LogP contribution in [0.5, 0.6) is 11.5 Å². The Hall–Kier alpha value is -3.20. The summed E-state index contributed by atoms with van der Waals surface area (Å²) in [6.45, 7) is 9.73. The average molecular weight is 598 g/mol. The van der Waals surface area contributed by atoms with Gasteiger partial charge in [-0.1, -0.05) is 86.6 Å². The second-order valence-electron chi connectivity index (χ2n) is 9.34. The van der Waals surface area contributed by atoms with Gasteiger partial charge in [0.05, 0.1) is 5.56 Å². The quantitative estimate of drug-likeness (QED) is 0.304. The van der Waals surface area contributed by atoms with E-state index in [1.54, 1.807) is 0 Å². The fourth-order valence-electron chi connectivity index (χ4n) is 3.62. The van der Waals surface area contributed by atoms with Crippen LogP contribution in [-0.2, 0) is 28.3 Å². The molecule has 3 aromatic rings. The van der Waals surface area contributed by atoms with E-state index in [0.717, 1.165) is 28.0 Å². The Labute approximate surface area is 222 Å². The summed E-state index contributed by atoms with van der Waals surface area (Å²) in [5.74, 6) is 1.24. The van der Waals surface area contributed by atoms with E-state index in [0.29, 0.717) is 32.9 Å². The Bertz CT molecular complexity index is 1270. The van der Waals surface area contributed by atoms with Gasteiger partial charge in [0.25, 0.3) is 5.91 Å². The predicted octanol–water partition coefficient (Wildman–Crippen LogP) is 6.07. The highest BCUT2D eigenvalue weighted by molar-refractivity contribution is 14.2. The molecule has 1 N–H and O–H groups in total. The van der Waals surface area contributed by atoms with Gasteiger partial charge in [-0.3, -0.25) is 4.79 Å². The molecule has 1 aliphatic rings. The van der Waals surface area contributed by atoms with E-state index in [1.807, 2.05) is 73.7 Å². The number of nitrogens with one attached hydrogen (secondary N) is 1. The molecule has 0 saturated heterocycles. The van der Waals surface area contributed by atoms with Gasteiger partial charge in [0.2, 0.25) is 7.41 Å². The van der Waals surface area contributed by atoms with Crippen molar-refractivity contribution >= 4 is 34.1 Å². The fraction of sp³-hybridized carbons (Fsp3) is 0.276. The molecule has 1 amide bonds. The van der Waals surface area contributed by atoms with Crippen LogP contribution in [0.1, 0.15) is 49.9 Å². The fourth-order valence-corrected chi connectivity index (χ4v) is 5.63. The third-order valence-corrected chi connectivity index (χ3v) is 7.95. The summed E-state index contributed by atoms with van der Waals surface area (Å²) in [6, 6.07) is 24.1. The molecule has 6 nitrogen and oxygen atoms in total. The van der Waals surface area contributed by atoms with Gasteiger partial charge in [-0.05, 0) is 50.3 Å². The summed E-state index contributed by atoms with van der Waals surface area (Å²) in [5.41, 5.74) is 3.80. The lowest BCUT2D eigenvalue weighted by molar-refractivity contribution is -0.114. The summed E-state index contributed by atoms with van der Waals surface area (Å²) in [6.07, 6.45) is 0. The van der Waals surface area contributed by atoms with Crippen molar-refractivity contribution in [1.82, 2.24) is 5.32 Å². The molecular weight excluding hydrogens is 567 g/mol. The lowest BCUT2D eigenvalue weighted by Gasteiger charge is -2.25. The van der Waals surface area contributed by atoms with Crippen LogP contribution in [0.3, 0.4) is 0 Å². The van der Waals surface area contributed by atoms with Crippen LogP contribution in [0.2, 0.25) is 0 Å². The van der Waals surface area contributed by atoms with Crippen LogP contribution in [0.25, 0.3) is 0 Å². The Morgan fingerprint density at radius 1 is 0.917 bits per heavy atom. The molecule has 0 fully saturated rings. The number of amides is 1. The van der Waals surface area contributed by atoms with Gasteiger partial charge in [0, 0.05) is 18.2 Å². The van der Waals surface area contributed by atoms with Crippen LogP contribution in [0, 0.1) is 0 Å². The maximum absolute atomic E-state index is 12.4. The van der Waals surface area contributed by atoms with E-state index in [-0.39, 0.29) is 11.3 Å². The minimum atomic E-state index is -0.897. The van der Waals surface area contributed by atoms with Crippen LogP contribution in [0.15, 0.2) is 78.0 Å². The van der Waals surface area contributed by atoms with Crippen LogP contribution < -0.4 is 14.8 Å². The number of rotatable bonds is 9. The first-order chi connectivity index (χ1) is 17.3. The molecular formula is C29H31IN2O4. The maximum Gasteiger partial charge on any atom is 0.279 e. The first-order valence-electron chi connectivity index (χ1n) is 11.9. The van der Waals surface area contributed by atoms with Crippen molar-refractivity contribution in [2.45, 2.75) is 46.3 Å². The Morgan fingerprint density at radius 3 is 2.06 bits per heavy atom. The largest absolute Gasteiger partial charge is 0.488 e. The number of carbonyl (C=O) groups excluding carboxylic acids is 1. The number of nitrogens with zero attached hydrogens (tertiary/aromatic N) is 1. The first kappa shape index (κ1) is 25.9. The molecule has 0 aliphatic carbocycles. The summed E-state index contributed by atoms with van der Waals surface area (Å²) in [5, 5.41) is 6.90. The van der Waals surface area contributed by atoms with E-state index in [1.165, 1.54) is 0 Å². The van der Waals surface area contributed by atoms with Gasteiger partial charge in [0.15, 0.2) is 0 Å². The Kier molecular flexibility index (Phi) is 8.40. The molecule has 0 saturated carbocycles. The maximum atomic E-state index is 12.4.